The number of hydrogen-bond acceptors (Lipinski definition) is 9. The number of hydrogen-bond donors (Lipinski definition) is 0. The van der Waals surface area contributed by atoms with E-state index in [1.807, 2.05) is 6.07 Å². The van der Waals surface area contributed by atoms with Crippen molar-refractivity contribution >= 4 is 110 Å². The molecule has 9 rings (SSSR count). The van der Waals surface area contributed by atoms with E-state index in [1.54, 1.807) is 40.1 Å². The van der Waals surface area contributed by atoms with E-state index in [0.29, 0.717) is 4.53 Å². The SMILES string of the molecule is [C]=c1cc/c(=c2/c3c(/c(=c4\cc/c(=c5/cc6c(s5)=c5sc(=C)cc5/C6=C/C5CC(C#CC#CC#CC#CC#CC#CC#CC#CC#C)C[C@@H](C#CC#CC#CC#CC#CC#CC#CC#CC#C)C5)s4)c4nsnc24)N=S=N3)s1. The van der Waals surface area contributed by atoms with E-state index in [9.17, 15) is 0 Å². The molecule has 10 heteroatoms. The first kappa shape index (κ1) is 52.1. The zero-order valence-corrected chi connectivity index (χ0v) is 44.9. The number of benzene rings is 1. The third-order valence-electron chi connectivity index (χ3n) is 10.8. The van der Waals surface area contributed by atoms with Crippen LogP contribution in [-0.4, -0.2) is 8.75 Å². The van der Waals surface area contributed by atoms with Crippen molar-refractivity contribution in [1.82, 2.24) is 8.75 Å². The van der Waals surface area contributed by atoms with E-state index < -0.39 is 0 Å². The summed E-state index contributed by atoms with van der Waals surface area (Å²) < 4.78 is 27.3. The monoisotopic (exact) mass is 1080 g/mol. The van der Waals surface area contributed by atoms with Crippen LogP contribution in [0.5, 0.6) is 0 Å². The molecule has 0 N–H and O–H groups in total. The second-order valence-electron chi connectivity index (χ2n) is 15.6. The van der Waals surface area contributed by atoms with Crippen molar-refractivity contribution in [2.45, 2.75) is 19.3 Å². The normalized spacial score (nSPS) is 15.1. The molecular weight excluding hydrogens is 1070 g/mol. The minimum atomic E-state index is 0.0116. The summed E-state index contributed by atoms with van der Waals surface area (Å²) in [6, 6.07) is 12.6. The van der Waals surface area contributed by atoms with Crippen LogP contribution in [0.1, 0.15) is 30.4 Å². The van der Waals surface area contributed by atoms with Gasteiger partial charge in [-0.25, -0.2) is 0 Å². The Morgan fingerprint density at radius 2 is 0.897 bits per heavy atom. The van der Waals surface area contributed by atoms with Gasteiger partial charge in [-0.2, -0.15) is 17.5 Å². The van der Waals surface area contributed by atoms with Crippen molar-refractivity contribution in [3.05, 3.63) is 100 Å². The van der Waals surface area contributed by atoms with Crippen LogP contribution in [-0.2, 0) is 11.4 Å². The number of allylic oxidation sites excluding steroid dienone is 1. The molecule has 3 atom stereocenters. The maximum absolute atomic E-state index is 8.19. The Labute approximate surface area is 474 Å². The Morgan fingerprint density at radius 1 is 0.474 bits per heavy atom. The maximum atomic E-state index is 8.19. The Balaban J connectivity index is 1.02. The van der Waals surface area contributed by atoms with E-state index >= 15 is 0 Å². The van der Waals surface area contributed by atoms with Gasteiger partial charge in [-0.15, -0.1) is 58.2 Å². The van der Waals surface area contributed by atoms with E-state index in [4.69, 9.17) is 36.9 Å². The molecule has 0 spiro atoms. The smallest absolute Gasteiger partial charge is 0.116 e. The third-order valence-corrected chi connectivity index (χ3v) is 16.3. The largest absolute Gasteiger partial charge is 0.172 e. The van der Waals surface area contributed by atoms with Crippen LogP contribution in [0.2, 0.25) is 0 Å². The van der Waals surface area contributed by atoms with E-state index in [1.165, 1.54) is 64.7 Å². The number of terminal acetylenes is 2. The fourth-order valence-corrected chi connectivity index (χ4v) is 13.3. The van der Waals surface area contributed by atoms with E-state index in [2.05, 4.69) is 238 Å². The van der Waals surface area contributed by atoms with E-state index in [0.717, 1.165) is 70.2 Å². The first-order valence-electron chi connectivity index (χ1n) is 22.6. The van der Waals surface area contributed by atoms with Crippen LogP contribution >= 0.6 is 57.1 Å². The van der Waals surface area contributed by atoms with Gasteiger partial charge in [0.2, 0.25) is 0 Å². The van der Waals surface area contributed by atoms with Gasteiger partial charge in [-0.05, 0) is 257 Å². The molecule has 1 fully saturated rings. The average molecular weight is 1090 g/mol. The summed E-state index contributed by atoms with van der Waals surface area (Å²) in [5, 5.41) is 1.81. The molecule has 0 saturated heterocycles. The summed E-state index contributed by atoms with van der Waals surface area (Å²) in [5.41, 5.74) is 6.74. The predicted octanol–water partition coefficient (Wildman–Crippen LogP) is 8.48. The van der Waals surface area contributed by atoms with Crippen LogP contribution in [0, 0.1) is 270 Å². The van der Waals surface area contributed by atoms with Gasteiger partial charge in [0, 0.05) is 67.2 Å². The highest BCUT2D eigenvalue weighted by molar-refractivity contribution is 7.58. The minimum Gasteiger partial charge on any atom is -0.172 e. The van der Waals surface area contributed by atoms with Crippen molar-refractivity contribution in [3.63, 3.8) is 0 Å². The molecule has 3 aliphatic rings. The summed E-state index contributed by atoms with van der Waals surface area (Å²) in [6.07, 6.45) is 14.9. The molecule has 0 amide bonds. The molecule has 348 valence electrons. The van der Waals surface area contributed by atoms with Crippen molar-refractivity contribution in [1.29, 1.82) is 0 Å². The molecule has 78 heavy (non-hydrogen) atoms. The first-order chi connectivity index (χ1) is 38.5. The van der Waals surface area contributed by atoms with Crippen molar-refractivity contribution < 1.29 is 0 Å². The minimum absolute atomic E-state index is 0.0116. The van der Waals surface area contributed by atoms with Gasteiger partial charge in [0.05, 0.1) is 32.1 Å². The second kappa shape index (κ2) is 26.4. The summed E-state index contributed by atoms with van der Waals surface area (Å²) in [5.74, 6) is 90.0. The molecule has 2 aliphatic carbocycles. The molecule has 6 heterocycles. The fraction of sp³-hybridized carbons (Fsp3) is 0.0882. The standard InChI is InChI=1S/C68H20N4S6/c1-5-7-9-11-13-15-17-19-21-23-25-27-29-31-33-35-37-51-44-52(38-36-34-32-30-28-26-24-22-20-18-16-14-12-10-8-6-2)46-53(45-51)47-54-55-43-50(4)74-67(55)68-56(54)48-60(76-68)57-41-42-59(75-57)62-65-63(69-77-71-65)61(58-40-39-49(3)73-58)64-66(62)72-78-70-64/h1-2,39-43,47-48,51-53H,4,44-46H2/b54-47-,60-57+,61-58-,62-59+/t51-,52?,53?/m1/s1. The number of rotatable bonds is 1. The highest BCUT2D eigenvalue weighted by Gasteiger charge is 2.29. The molecule has 1 aromatic carbocycles. The molecule has 2 radical (unpaired) electrons. The Morgan fingerprint density at radius 3 is 1.37 bits per heavy atom. The van der Waals surface area contributed by atoms with Gasteiger partial charge in [0.15, 0.2) is 0 Å². The molecule has 6 aromatic rings. The Hall–Kier alpha value is -10.8. The van der Waals surface area contributed by atoms with Gasteiger partial charge in [0.25, 0.3) is 0 Å². The van der Waals surface area contributed by atoms with E-state index in [-0.39, 0.29) is 17.8 Å². The van der Waals surface area contributed by atoms with Crippen molar-refractivity contribution in [2.24, 2.45) is 26.5 Å². The van der Waals surface area contributed by atoms with Crippen molar-refractivity contribution in [2.75, 3.05) is 0 Å². The second-order valence-corrected chi connectivity index (χ2v) is 21.0. The lowest BCUT2D eigenvalue weighted by molar-refractivity contribution is 0.310. The summed E-state index contributed by atoms with van der Waals surface area (Å²) in [4.78, 5) is 0. The van der Waals surface area contributed by atoms with Crippen LogP contribution in [0.4, 0.5) is 11.4 Å². The third kappa shape index (κ3) is 13.1. The lowest BCUT2D eigenvalue weighted by Gasteiger charge is -2.29. The summed E-state index contributed by atoms with van der Waals surface area (Å²) >= 11 is 8.97. The molecule has 0 bridgehead atoms. The number of fused-ring (bicyclic) bond motifs is 4. The zero-order chi connectivity index (χ0) is 53.7. The summed E-state index contributed by atoms with van der Waals surface area (Å²) in [6.45, 7) is 12.5. The van der Waals surface area contributed by atoms with Gasteiger partial charge >= 0.3 is 0 Å². The van der Waals surface area contributed by atoms with Gasteiger partial charge in [-0.3, -0.25) is 0 Å². The molecule has 1 aliphatic heterocycles. The van der Waals surface area contributed by atoms with Crippen LogP contribution in [0.25, 0.3) is 29.8 Å². The topological polar surface area (TPSA) is 50.5 Å². The molecular formula is C68H20N4S6. The number of aromatic nitrogens is 2. The van der Waals surface area contributed by atoms with Gasteiger partial charge < -0.3 is 0 Å². The quantitative estimate of drug-likeness (QED) is 0.155. The number of thiophene rings is 4. The van der Waals surface area contributed by atoms with Crippen LogP contribution in [0.3, 0.4) is 0 Å². The lowest BCUT2D eigenvalue weighted by Crippen LogP contribution is -2.20. The predicted molar refractivity (Wildman–Crippen MR) is 319 cm³/mol. The molecule has 1 saturated carbocycles. The fourth-order valence-electron chi connectivity index (χ4n) is 7.95. The van der Waals surface area contributed by atoms with Crippen molar-refractivity contribution in [3.8, 4) is 214 Å². The average Bonchev–Trinajstić information content (AvgIpc) is 4.34. The molecule has 4 nitrogen and oxygen atoms in total. The van der Waals surface area contributed by atoms with Crippen LogP contribution < -0.4 is 9.06 Å². The highest BCUT2D eigenvalue weighted by Crippen LogP contribution is 2.42. The molecule has 5 aromatic heterocycles. The van der Waals surface area contributed by atoms with Crippen LogP contribution in [0.15, 0.2) is 51.2 Å². The first-order valence-corrected chi connectivity index (χ1v) is 27.3. The maximum Gasteiger partial charge on any atom is 0.116 e. The Bertz CT molecular complexity index is 5350. The number of nitrogens with zero attached hydrogens (tertiary/aromatic N) is 4. The summed E-state index contributed by atoms with van der Waals surface area (Å²) in [7, 11) is 0. The lowest BCUT2D eigenvalue weighted by atomic mass is 9.74. The van der Waals surface area contributed by atoms with Gasteiger partial charge in [0.1, 0.15) is 22.4 Å². The zero-order valence-electron chi connectivity index (χ0n) is 40.0. The molecule has 2 unspecified atom stereocenters. The highest BCUT2D eigenvalue weighted by atomic mass is 32.1. The Kier molecular flexibility index (Phi) is 17.7. The van der Waals surface area contributed by atoms with Gasteiger partial charge in [-0.1, -0.05) is 24.5 Å².